The molecule has 0 bridgehead atoms. The van der Waals surface area contributed by atoms with Gasteiger partial charge >= 0.3 is 0 Å². The van der Waals surface area contributed by atoms with E-state index < -0.39 is 0 Å². The van der Waals surface area contributed by atoms with Crippen LogP contribution in [0.15, 0.2) is 22.7 Å². The molecule has 0 radical (unpaired) electrons. The Balaban J connectivity index is 2.18. The number of nitrogens with zero attached hydrogens (tertiary/aromatic N) is 3. The standard InChI is InChI=1S/C14H20BrN3O/c1-16(2)7-4-8-18-10-14(19)17(3)13-9-11(15)5-6-12(13)18/h5-6,9H,4,7-8,10H2,1-3H3. The second-order valence-electron chi connectivity index (χ2n) is 5.16. The number of halogens is 1. The van der Waals surface area contributed by atoms with E-state index in [0.29, 0.717) is 6.54 Å². The molecule has 0 saturated heterocycles. The van der Waals surface area contributed by atoms with Gasteiger partial charge in [0.15, 0.2) is 0 Å². The molecule has 0 aromatic heterocycles. The summed E-state index contributed by atoms with van der Waals surface area (Å²) in [6.07, 6.45) is 1.06. The molecule has 0 unspecified atom stereocenters. The first-order valence-corrected chi connectivity index (χ1v) is 7.24. The zero-order valence-corrected chi connectivity index (χ0v) is 13.3. The number of amides is 1. The van der Waals surface area contributed by atoms with Gasteiger partial charge in [0, 0.05) is 18.1 Å². The summed E-state index contributed by atoms with van der Waals surface area (Å²) in [6.45, 7) is 2.41. The summed E-state index contributed by atoms with van der Waals surface area (Å²) in [6, 6.07) is 6.12. The Hall–Kier alpha value is -1.07. The Morgan fingerprint density at radius 2 is 2.05 bits per heavy atom. The zero-order chi connectivity index (χ0) is 14.0. The van der Waals surface area contributed by atoms with Crippen LogP contribution in [0.4, 0.5) is 11.4 Å². The van der Waals surface area contributed by atoms with Crippen molar-refractivity contribution < 1.29 is 4.79 Å². The van der Waals surface area contributed by atoms with E-state index in [9.17, 15) is 4.79 Å². The predicted molar refractivity (Wildman–Crippen MR) is 82.9 cm³/mol. The molecule has 1 amide bonds. The Bertz CT molecular complexity index is 476. The zero-order valence-electron chi connectivity index (χ0n) is 11.7. The highest BCUT2D eigenvalue weighted by atomic mass is 79.9. The molecule has 1 aromatic carbocycles. The van der Waals surface area contributed by atoms with Crippen LogP contribution in [0.5, 0.6) is 0 Å². The molecule has 0 N–H and O–H groups in total. The van der Waals surface area contributed by atoms with Crippen molar-refractivity contribution in [2.45, 2.75) is 6.42 Å². The summed E-state index contributed by atoms with van der Waals surface area (Å²) in [5, 5.41) is 0. The summed E-state index contributed by atoms with van der Waals surface area (Å²) in [5.74, 6) is 0.149. The fraction of sp³-hybridized carbons (Fsp3) is 0.500. The fourth-order valence-corrected chi connectivity index (χ4v) is 2.65. The minimum atomic E-state index is 0.149. The highest BCUT2D eigenvalue weighted by Gasteiger charge is 2.26. The van der Waals surface area contributed by atoms with E-state index in [1.54, 1.807) is 4.90 Å². The van der Waals surface area contributed by atoms with E-state index in [4.69, 9.17) is 0 Å². The molecule has 0 fully saturated rings. The molecule has 104 valence electrons. The number of hydrogen-bond donors (Lipinski definition) is 0. The van der Waals surface area contributed by atoms with E-state index >= 15 is 0 Å². The van der Waals surface area contributed by atoms with E-state index in [1.807, 2.05) is 19.2 Å². The van der Waals surface area contributed by atoms with Gasteiger partial charge in [-0.3, -0.25) is 4.79 Å². The highest BCUT2D eigenvalue weighted by molar-refractivity contribution is 9.10. The summed E-state index contributed by atoms with van der Waals surface area (Å²) in [5.41, 5.74) is 2.12. The lowest BCUT2D eigenvalue weighted by atomic mass is 10.1. The number of benzene rings is 1. The number of fused-ring (bicyclic) bond motifs is 1. The molecule has 1 aliphatic heterocycles. The van der Waals surface area contributed by atoms with Crippen molar-refractivity contribution in [2.75, 3.05) is 50.6 Å². The number of anilines is 2. The van der Waals surface area contributed by atoms with Gasteiger partial charge in [0.25, 0.3) is 0 Å². The lowest BCUT2D eigenvalue weighted by Gasteiger charge is -2.35. The molecule has 5 heteroatoms. The van der Waals surface area contributed by atoms with Gasteiger partial charge in [-0.1, -0.05) is 15.9 Å². The highest BCUT2D eigenvalue weighted by Crippen LogP contribution is 2.35. The van der Waals surface area contributed by atoms with Gasteiger partial charge in [-0.25, -0.2) is 0 Å². The van der Waals surface area contributed by atoms with Crippen molar-refractivity contribution in [3.05, 3.63) is 22.7 Å². The molecule has 0 aliphatic carbocycles. The molecule has 1 aliphatic rings. The maximum absolute atomic E-state index is 12.0. The maximum Gasteiger partial charge on any atom is 0.246 e. The van der Waals surface area contributed by atoms with Gasteiger partial charge in [-0.05, 0) is 45.3 Å². The number of likely N-dealkylation sites (N-methyl/N-ethyl adjacent to an activating group) is 1. The van der Waals surface area contributed by atoms with Crippen LogP contribution < -0.4 is 9.80 Å². The van der Waals surface area contributed by atoms with Gasteiger partial charge < -0.3 is 14.7 Å². The molecule has 1 aromatic rings. The van der Waals surface area contributed by atoms with Crippen molar-refractivity contribution in [3.8, 4) is 0 Å². The number of carbonyl (C=O) groups excluding carboxylic acids is 1. The van der Waals surface area contributed by atoms with Crippen LogP contribution >= 0.6 is 15.9 Å². The lowest BCUT2D eigenvalue weighted by Crippen LogP contribution is -2.44. The third-order valence-electron chi connectivity index (χ3n) is 3.37. The minimum Gasteiger partial charge on any atom is -0.360 e. The van der Waals surface area contributed by atoms with Gasteiger partial charge in [0.2, 0.25) is 5.91 Å². The van der Waals surface area contributed by atoms with Crippen molar-refractivity contribution in [1.82, 2.24) is 4.90 Å². The molecular formula is C14H20BrN3O. The Kier molecular flexibility index (Phi) is 4.47. The van der Waals surface area contributed by atoms with Crippen LogP contribution in [0.25, 0.3) is 0 Å². The average molecular weight is 326 g/mol. The molecular weight excluding hydrogens is 306 g/mol. The minimum absolute atomic E-state index is 0.149. The molecule has 4 nitrogen and oxygen atoms in total. The van der Waals surface area contributed by atoms with E-state index in [0.717, 1.165) is 35.4 Å². The monoisotopic (exact) mass is 325 g/mol. The second-order valence-corrected chi connectivity index (χ2v) is 6.08. The van der Waals surface area contributed by atoms with Crippen molar-refractivity contribution in [1.29, 1.82) is 0 Å². The first kappa shape index (κ1) is 14.3. The van der Waals surface area contributed by atoms with E-state index in [2.05, 4.69) is 45.9 Å². The Morgan fingerprint density at radius 3 is 2.74 bits per heavy atom. The number of carbonyl (C=O) groups is 1. The largest absolute Gasteiger partial charge is 0.360 e. The van der Waals surface area contributed by atoms with Gasteiger partial charge in [0.1, 0.15) is 0 Å². The molecule has 1 heterocycles. The van der Waals surface area contributed by atoms with Crippen LogP contribution in [0, 0.1) is 0 Å². The lowest BCUT2D eigenvalue weighted by molar-refractivity contribution is -0.117. The SMILES string of the molecule is CN(C)CCCN1CC(=O)N(C)c2cc(Br)ccc21. The topological polar surface area (TPSA) is 26.8 Å². The van der Waals surface area contributed by atoms with Gasteiger partial charge in [-0.15, -0.1) is 0 Å². The summed E-state index contributed by atoms with van der Waals surface area (Å²) in [4.78, 5) is 18.1. The smallest absolute Gasteiger partial charge is 0.246 e. The van der Waals surface area contributed by atoms with Crippen LogP contribution in [0.1, 0.15) is 6.42 Å². The van der Waals surface area contributed by atoms with E-state index in [1.165, 1.54) is 0 Å². The van der Waals surface area contributed by atoms with Crippen LogP contribution in [-0.2, 0) is 4.79 Å². The van der Waals surface area contributed by atoms with E-state index in [-0.39, 0.29) is 5.91 Å². The first-order valence-electron chi connectivity index (χ1n) is 6.45. The van der Waals surface area contributed by atoms with Crippen molar-refractivity contribution >= 4 is 33.2 Å². The second kappa shape index (κ2) is 5.92. The summed E-state index contributed by atoms with van der Waals surface area (Å²) >= 11 is 3.47. The Morgan fingerprint density at radius 1 is 1.32 bits per heavy atom. The first-order chi connectivity index (χ1) is 8.99. The third-order valence-corrected chi connectivity index (χ3v) is 3.87. The predicted octanol–water partition coefficient (Wildman–Crippen LogP) is 2.18. The van der Waals surface area contributed by atoms with Crippen LogP contribution in [0.2, 0.25) is 0 Å². The normalized spacial score (nSPS) is 15.1. The average Bonchev–Trinajstić information content (AvgIpc) is 2.35. The van der Waals surface area contributed by atoms with Crippen molar-refractivity contribution in [3.63, 3.8) is 0 Å². The molecule has 0 spiro atoms. The molecule has 0 saturated carbocycles. The fourth-order valence-electron chi connectivity index (χ4n) is 2.30. The van der Waals surface area contributed by atoms with Crippen LogP contribution in [-0.4, -0.2) is 51.6 Å². The van der Waals surface area contributed by atoms with Gasteiger partial charge in [0.05, 0.1) is 17.9 Å². The van der Waals surface area contributed by atoms with Crippen LogP contribution in [0.3, 0.4) is 0 Å². The Labute approximate surface area is 123 Å². The molecule has 2 rings (SSSR count). The maximum atomic E-state index is 12.0. The number of rotatable bonds is 4. The summed E-state index contributed by atoms with van der Waals surface area (Å²) in [7, 11) is 5.98. The third kappa shape index (κ3) is 3.28. The van der Waals surface area contributed by atoms with Gasteiger partial charge in [-0.2, -0.15) is 0 Å². The number of hydrogen-bond acceptors (Lipinski definition) is 3. The molecule has 0 atom stereocenters. The summed E-state index contributed by atoms with van der Waals surface area (Å²) < 4.78 is 1.00. The van der Waals surface area contributed by atoms with Crippen molar-refractivity contribution in [2.24, 2.45) is 0 Å². The quantitative estimate of drug-likeness (QED) is 0.849. The molecule has 19 heavy (non-hydrogen) atoms.